The summed E-state index contributed by atoms with van der Waals surface area (Å²) < 4.78 is 29.1. The summed E-state index contributed by atoms with van der Waals surface area (Å²) in [4.78, 5) is 0.0836. The normalized spacial score (nSPS) is 11.3. The molecule has 0 radical (unpaired) electrons. The molecule has 0 saturated carbocycles. The lowest BCUT2D eigenvalue weighted by molar-refractivity contribution is 0.479. The Morgan fingerprint density at radius 2 is 1.75 bits per heavy atom. The Hall–Kier alpha value is -2.01. The van der Waals surface area contributed by atoms with Gasteiger partial charge in [-0.1, -0.05) is 18.2 Å². The van der Waals surface area contributed by atoms with Crippen LogP contribution in [0.4, 0.5) is 5.69 Å². The van der Waals surface area contributed by atoms with Crippen molar-refractivity contribution in [1.82, 2.24) is 0 Å². The molecule has 0 bridgehead atoms. The molecule has 0 saturated heterocycles. The summed E-state index contributed by atoms with van der Waals surface area (Å²) in [5, 5.41) is 0. The van der Waals surface area contributed by atoms with Gasteiger partial charge in [0.15, 0.2) is 15.6 Å². The lowest BCUT2D eigenvalue weighted by atomic mass is 10.1. The first-order chi connectivity index (χ1) is 9.29. The number of sulfone groups is 1. The minimum atomic E-state index is -3.37. The molecule has 0 spiro atoms. The third-order valence-corrected chi connectivity index (χ3v) is 4.14. The van der Waals surface area contributed by atoms with Gasteiger partial charge in [-0.2, -0.15) is 0 Å². The maximum atomic E-state index is 11.6. The number of rotatable bonds is 3. The highest BCUT2D eigenvalue weighted by Gasteiger charge is 2.15. The van der Waals surface area contributed by atoms with Gasteiger partial charge in [0.25, 0.3) is 0 Å². The second-order valence-corrected chi connectivity index (χ2v) is 6.80. The summed E-state index contributed by atoms with van der Waals surface area (Å²) in [6, 6.07) is 10.6. The first kappa shape index (κ1) is 14.4. The highest BCUT2D eigenvalue weighted by molar-refractivity contribution is 7.90. The molecule has 0 aliphatic rings. The lowest BCUT2D eigenvalue weighted by Crippen LogP contribution is -2.04. The molecule has 5 heteroatoms. The molecule has 2 N–H and O–H groups in total. The van der Waals surface area contributed by atoms with Gasteiger partial charge in [-0.3, -0.25) is 0 Å². The molecule has 0 amide bonds. The maximum absolute atomic E-state index is 11.6. The average Bonchev–Trinajstić information content (AvgIpc) is 2.35. The summed E-state index contributed by atoms with van der Waals surface area (Å²) in [7, 11) is -3.37. The van der Waals surface area contributed by atoms with E-state index < -0.39 is 9.84 Å². The molecule has 2 rings (SSSR count). The molecule has 0 aliphatic carbocycles. The van der Waals surface area contributed by atoms with Crippen LogP contribution in [-0.2, 0) is 9.84 Å². The van der Waals surface area contributed by atoms with Crippen LogP contribution in [0.3, 0.4) is 0 Å². The number of para-hydroxylation sites is 1. The summed E-state index contributed by atoms with van der Waals surface area (Å²) in [5.41, 5.74) is 8.05. The van der Waals surface area contributed by atoms with E-state index in [2.05, 4.69) is 0 Å². The first-order valence-electron chi connectivity index (χ1n) is 6.12. The van der Waals surface area contributed by atoms with Crippen molar-refractivity contribution in [2.75, 3.05) is 12.0 Å². The zero-order chi connectivity index (χ0) is 14.9. The van der Waals surface area contributed by atoms with Crippen LogP contribution in [0.2, 0.25) is 0 Å². The number of nitrogen functional groups attached to an aromatic ring is 1. The van der Waals surface area contributed by atoms with E-state index in [0.29, 0.717) is 11.5 Å². The van der Waals surface area contributed by atoms with E-state index in [-0.39, 0.29) is 10.6 Å². The van der Waals surface area contributed by atoms with Crippen LogP contribution < -0.4 is 10.5 Å². The molecule has 0 fully saturated rings. The Morgan fingerprint density at radius 3 is 2.40 bits per heavy atom. The van der Waals surface area contributed by atoms with Crippen LogP contribution in [0.1, 0.15) is 11.1 Å². The molecule has 0 aliphatic heterocycles. The molecule has 0 aromatic heterocycles. The standard InChI is InChI=1S/C15H17NO3S/c1-10-7-8-11(2)13(9-10)19-12-5-4-6-14(15(12)16)20(3,17)18/h4-9H,16H2,1-3H3. The lowest BCUT2D eigenvalue weighted by Gasteiger charge is -2.13. The summed E-state index contributed by atoms with van der Waals surface area (Å²) in [6.07, 6.45) is 1.13. The molecule has 20 heavy (non-hydrogen) atoms. The van der Waals surface area contributed by atoms with E-state index in [4.69, 9.17) is 10.5 Å². The fourth-order valence-electron chi connectivity index (χ4n) is 1.87. The fraction of sp³-hybridized carbons (Fsp3) is 0.200. The highest BCUT2D eigenvalue weighted by atomic mass is 32.2. The quantitative estimate of drug-likeness (QED) is 0.882. The molecular weight excluding hydrogens is 274 g/mol. The molecule has 2 aromatic rings. The third kappa shape index (κ3) is 2.93. The smallest absolute Gasteiger partial charge is 0.177 e. The predicted molar refractivity (Wildman–Crippen MR) is 80.0 cm³/mol. The first-order valence-corrected chi connectivity index (χ1v) is 8.02. The number of hydrogen-bond donors (Lipinski definition) is 1. The van der Waals surface area contributed by atoms with Crippen LogP contribution >= 0.6 is 0 Å². The van der Waals surface area contributed by atoms with E-state index in [1.807, 2.05) is 32.0 Å². The van der Waals surface area contributed by atoms with Gasteiger partial charge in [-0.25, -0.2) is 8.42 Å². The van der Waals surface area contributed by atoms with Crippen LogP contribution in [0.15, 0.2) is 41.3 Å². The summed E-state index contributed by atoms with van der Waals surface area (Å²) in [6.45, 7) is 3.88. The zero-order valence-corrected chi connectivity index (χ0v) is 12.5. The van der Waals surface area contributed by atoms with Crippen molar-refractivity contribution in [3.05, 3.63) is 47.5 Å². The Labute approximate surface area is 119 Å². The topological polar surface area (TPSA) is 69.4 Å². The maximum Gasteiger partial charge on any atom is 0.177 e. The zero-order valence-electron chi connectivity index (χ0n) is 11.7. The summed E-state index contributed by atoms with van der Waals surface area (Å²) >= 11 is 0. The van der Waals surface area contributed by atoms with Gasteiger partial charge in [0.05, 0.1) is 10.6 Å². The van der Waals surface area contributed by atoms with Gasteiger partial charge in [0.1, 0.15) is 5.75 Å². The molecule has 2 aromatic carbocycles. The van der Waals surface area contributed by atoms with E-state index in [9.17, 15) is 8.42 Å². The molecule has 0 unspecified atom stereocenters. The van der Waals surface area contributed by atoms with Crippen molar-refractivity contribution < 1.29 is 13.2 Å². The largest absolute Gasteiger partial charge is 0.455 e. The molecule has 0 atom stereocenters. The number of ether oxygens (including phenoxy) is 1. The Balaban J connectivity index is 2.47. The molecule has 4 nitrogen and oxygen atoms in total. The number of hydrogen-bond acceptors (Lipinski definition) is 4. The summed E-state index contributed by atoms with van der Waals surface area (Å²) in [5.74, 6) is 1.02. The minimum absolute atomic E-state index is 0.0836. The SMILES string of the molecule is Cc1ccc(C)c(Oc2cccc(S(C)(=O)=O)c2N)c1. The second kappa shape index (κ2) is 5.17. The molecule has 0 heterocycles. The monoisotopic (exact) mass is 291 g/mol. The number of nitrogens with two attached hydrogens (primary N) is 1. The van der Waals surface area contributed by atoms with Crippen molar-refractivity contribution in [2.24, 2.45) is 0 Å². The molecular formula is C15H17NO3S. The van der Waals surface area contributed by atoms with Gasteiger partial charge in [-0.15, -0.1) is 0 Å². The van der Waals surface area contributed by atoms with Crippen molar-refractivity contribution in [1.29, 1.82) is 0 Å². The van der Waals surface area contributed by atoms with E-state index in [1.54, 1.807) is 12.1 Å². The van der Waals surface area contributed by atoms with Gasteiger partial charge in [-0.05, 0) is 43.2 Å². The van der Waals surface area contributed by atoms with Crippen molar-refractivity contribution in [3.63, 3.8) is 0 Å². The number of benzene rings is 2. The fourth-order valence-corrected chi connectivity index (χ4v) is 2.70. The van der Waals surface area contributed by atoms with E-state index in [0.717, 1.165) is 17.4 Å². The van der Waals surface area contributed by atoms with Crippen molar-refractivity contribution in [3.8, 4) is 11.5 Å². The van der Waals surface area contributed by atoms with Crippen LogP contribution in [0.25, 0.3) is 0 Å². The van der Waals surface area contributed by atoms with E-state index >= 15 is 0 Å². The van der Waals surface area contributed by atoms with E-state index in [1.165, 1.54) is 6.07 Å². The number of aryl methyl sites for hydroxylation is 2. The van der Waals surface area contributed by atoms with Crippen molar-refractivity contribution in [2.45, 2.75) is 18.7 Å². The van der Waals surface area contributed by atoms with Crippen LogP contribution in [-0.4, -0.2) is 14.7 Å². The van der Waals surface area contributed by atoms with Gasteiger partial charge < -0.3 is 10.5 Å². The van der Waals surface area contributed by atoms with Crippen LogP contribution in [0, 0.1) is 13.8 Å². The highest BCUT2D eigenvalue weighted by Crippen LogP contribution is 2.33. The molecule has 106 valence electrons. The van der Waals surface area contributed by atoms with Crippen molar-refractivity contribution >= 4 is 15.5 Å². The second-order valence-electron chi connectivity index (χ2n) is 4.81. The van der Waals surface area contributed by atoms with Gasteiger partial charge in [0, 0.05) is 6.26 Å². The predicted octanol–water partition coefficient (Wildman–Crippen LogP) is 3.08. The number of anilines is 1. The minimum Gasteiger partial charge on any atom is -0.455 e. The Morgan fingerprint density at radius 1 is 1.05 bits per heavy atom. The van der Waals surface area contributed by atoms with Crippen LogP contribution in [0.5, 0.6) is 11.5 Å². The Kier molecular flexibility index (Phi) is 3.72. The Bertz CT molecular complexity index is 752. The third-order valence-electron chi connectivity index (χ3n) is 2.99. The van der Waals surface area contributed by atoms with Gasteiger partial charge in [0.2, 0.25) is 0 Å². The van der Waals surface area contributed by atoms with Gasteiger partial charge >= 0.3 is 0 Å². The average molecular weight is 291 g/mol.